The maximum Gasteiger partial charge on any atom is 0.363 e. The molecule has 32 heavy (non-hydrogen) atoms. The summed E-state index contributed by atoms with van der Waals surface area (Å²) in [6.45, 7) is 1.81. The molecule has 8 heteroatoms. The number of benzene rings is 3. The second-order valence-corrected chi connectivity index (χ2v) is 7.06. The quantitative estimate of drug-likeness (QED) is 0.237. The average molecular weight is 432 g/mol. The van der Waals surface area contributed by atoms with E-state index in [0.29, 0.717) is 11.1 Å². The number of non-ortho nitro benzene ring substituents is 1. The number of halogens is 1. The topological polar surface area (TPSA) is 91.0 Å². The van der Waals surface area contributed by atoms with Gasteiger partial charge in [0.05, 0.1) is 4.92 Å². The Morgan fingerprint density at radius 2 is 1.94 bits per heavy atom. The molecule has 0 saturated carbocycles. The fourth-order valence-electron chi connectivity index (χ4n) is 3.12. The molecule has 1 aliphatic rings. The number of nitro groups is 1. The molecule has 4 rings (SSSR count). The molecule has 160 valence electrons. The van der Waals surface area contributed by atoms with E-state index in [4.69, 9.17) is 9.47 Å². The lowest BCUT2D eigenvalue weighted by Gasteiger charge is -2.10. The van der Waals surface area contributed by atoms with Crippen molar-refractivity contribution in [2.24, 2.45) is 4.99 Å². The summed E-state index contributed by atoms with van der Waals surface area (Å²) in [4.78, 5) is 27.3. The maximum absolute atomic E-state index is 13.9. The van der Waals surface area contributed by atoms with E-state index >= 15 is 0 Å². The van der Waals surface area contributed by atoms with E-state index in [0.717, 1.165) is 5.56 Å². The summed E-state index contributed by atoms with van der Waals surface area (Å²) in [7, 11) is 0. The van der Waals surface area contributed by atoms with Crippen molar-refractivity contribution in [3.63, 3.8) is 0 Å². The summed E-state index contributed by atoms with van der Waals surface area (Å²) in [5, 5.41) is 11.2. The van der Waals surface area contributed by atoms with Crippen molar-refractivity contribution in [3.05, 3.63) is 111 Å². The number of nitrogens with zero attached hydrogens (tertiary/aromatic N) is 2. The van der Waals surface area contributed by atoms with Crippen molar-refractivity contribution in [2.75, 3.05) is 0 Å². The number of aryl methyl sites for hydroxylation is 1. The van der Waals surface area contributed by atoms with Crippen LogP contribution < -0.4 is 4.74 Å². The van der Waals surface area contributed by atoms with Crippen molar-refractivity contribution in [1.82, 2.24) is 0 Å². The monoisotopic (exact) mass is 432 g/mol. The number of hydrogen-bond acceptors (Lipinski definition) is 6. The number of aliphatic imine (C=N–C) groups is 1. The van der Waals surface area contributed by atoms with Crippen LogP contribution in [0.2, 0.25) is 0 Å². The molecule has 0 aliphatic carbocycles. The van der Waals surface area contributed by atoms with Gasteiger partial charge in [-0.25, -0.2) is 14.2 Å². The fourth-order valence-corrected chi connectivity index (χ4v) is 3.12. The van der Waals surface area contributed by atoms with Crippen LogP contribution in [-0.2, 0) is 16.1 Å². The lowest BCUT2D eigenvalue weighted by Crippen LogP contribution is -2.05. The molecule has 3 aromatic carbocycles. The highest BCUT2D eigenvalue weighted by atomic mass is 19.1. The van der Waals surface area contributed by atoms with E-state index in [-0.39, 0.29) is 35.2 Å². The standard InChI is InChI=1S/C24H17FN2O5/c1-15-5-4-7-16(11-15)23-26-21(24(28)32-23)13-18-12-19(27(29)30)9-10-22(18)31-14-17-6-2-3-8-20(17)25/h2-13H,14H2,1H3/b21-13+. The maximum atomic E-state index is 13.9. The Morgan fingerprint density at radius 1 is 1.12 bits per heavy atom. The number of rotatable bonds is 6. The Balaban J connectivity index is 1.68. The number of cyclic esters (lactones) is 1. The smallest absolute Gasteiger partial charge is 0.363 e. The van der Waals surface area contributed by atoms with Crippen LogP contribution in [0.5, 0.6) is 5.75 Å². The highest BCUT2D eigenvalue weighted by Gasteiger charge is 2.25. The Hall–Kier alpha value is -4.33. The second kappa shape index (κ2) is 8.81. The normalized spacial score (nSPS) is 14.2. The summed E-state index contributed by atoms with van der Waals surface area (Å²) in [6, 6.07) is 17.4. The molecular weight excluding hydrogens is 415 g/mol. The molecular formula is C24H17FN2O5. The van der Waals surface area contributed by atoms with Gasteiger partial charge in [0.2, 0.25) is 5.90 Å². The van der Waals surface area contributed by atoms with Gasteiger partial charge in [-0.05, 0) is 37.3 Å². The first-order valence-electron chi connectivity index (χ1n) is 9.65. The van der Waals surface area contributed by atoms with Gasteiger partial charge in [0.15, 0.2) is 5.70 Å². The lowest BCUT2D eigenvalue weighted by molar-refractivity contribution is -0.384. The van der Waals surface area contributed by atoms with Gasteiger partial charge in [0.25, 0.3) is 5.69 Å². The average Bonchev–Trinajstić information content (AvgIpc) is 3.14. The predicted molar refractivity (Wildman–Crippen MR) is 116 cm³/mol. The Bertz CT molecular complexity index is 1280. The molecule has 0 spiro atoms. The van der Waals surface area contributed by atoms with Crippen LogP contribution in [0.1, 0.15) is 22.3 Å². The van der Waals surface area contributed by atoms with Crippen molar-refractivity contribution >= 4 is 23.6 Å². The van der Waals surface area contributed by atoms with Crippen molar-refractivity contribution in [1.29, 1.82) is 0 Å². The van der Waals surface area contributed by atoms with E-state index < -0.39 is 16.7 Å². The van der Waals surface area contributed by atoms with Crippen LogP contribution in [0.4, 0.5) is 10.1 Å². The summed E-state index contributed by atoms with van der Waals surface area (Å²) in [6.07, 6.45) is 1.36. The first-order chi connectivity index (χ1) is 15.4. The fraction of sp³-hybridized carbons (Fsp3) is 0.0833. The molecule has 0 unspecified atom stereocenters. The summed E-state index contributed by atoms with van der Waals surface area (Å²) >= 11 is 0. The minimum atomic E-state index is -0.687. The molecule has 0 radical (unpaired) electrons. The van der Waals surface area contributed by atoms with Crippen LogP contribution >= 0.6 is 0 Å². The van der Waals surface area contributed by atoms with Gasteiger partial charge in [-0.3, -0.25) is 10.1 Å². The van der Waals surface area contributed by atoms with Crippen molar-refractivity contribution in [2.45, 2.75) is 13.5 Å². The Morgan fingerprint density at radius 3 is 2.69 bits per heavy atom. The zero-order chi connectivity index (χ0) is 22.7. The number of esters is 1. The summed E-state index contributed by atoms with van der Waals surface area (Å²) < 4.78 is 24.9. The number of ether oxygens (including phenoxy) is 2. The van der Waals surface area contributed by atoms with Crippen LogP contribution in [0.3, 0.4) is 0 Å². The molecule has 1 aliphatic heterocycles. The van der Waals surface area contributed by atoms with Gasteiger partial charge >= 0.3 is 5.97 Å². The first-order valence-corrected chi connectivity index (χ1v) is 9.65. The first kappa shape index (κ1) is 20.9. The number of carbonyl (C=O) groups excluding carboxylic acids is 1. The van der Waals surface area contributed by atoms with Gasteiger partial charge in [0, 0.05) is 28.8 Å². The third-order valence-corrected chi connectivity index (χ3v) is 4.72. The van der Waals surface area contributed by atoms with Gasteiger partial charge in [-0.15, -0.1) is 0 Å². The minimum absolute atomic E-state index is 0.0299. The zero-order valence-corrected chi connectivity index (χ0v) is 16.9. The lowest BCUT2D eigenvalue weighted by atomic mass is 10.1. The number of hydrogen-bond donors (Lipinski definition) is 0. The van der Waals surface area contributed by atoms with Gasteiger partial charge < -0.3 is 9.47 Å². The number of carbonyl (C=O) groups is 1. The van der Waals surface area contributed by atoms with E-state index in [1.807, 2.05) is 25.1 Å². The molecule has 1 heterocycles. The summed E-state index contributed by atoms with van der Waals surface area (Å²) in [5.74, 6) is -0.739. The molecule has 0 saturated heterocycles. The molecule has 3 aromatic rings. The highest BCUT2D eigenvalue weighted by Crippen LogP contribution is 2.29. The molecule has 7 nitrogen and oxygen atoms in total. The predicted octanol–water partition coefficient (Wildman–Crippen LogP) is 4.97. The van der Waals surface area contributed by atoms with Gasteiger partial charge in [0.1, 0.15) is 18.2 Å². The third-order valence-electron chi connectivity index (χ3n) is 4.72. The molecule has 0 bridgehead atoms. The molecule has 0 aromatic heterocycles. The largest absolute Gasteiger partial charge is 0.488 e. The molecule has 0 N–H and O–H groups in total. The van der Waals surface area contributed by atoms with E-state index in [1.165, 1.54) is 30.3 Å². The third kappa shape index (κ3) is 4.54. The molecule has 0 atom stereocenters. The van der Waals surface area contributed by atoms with Gasteiger partial charge in [-0.1, -0.05) is 35.9 Å². The van der Waals surface area contributed by atoms with Crippen LogP contribution in [0.15, 0.2) is 77.4 Å². The van der Waals surface area contributed by atoms with Crippen LogP contribution in [-0.4, -0.2) is 16.8 Å². The van der Waals surface area contributed by atoms with Crippen LogP contribution in [0.25, 0.3) is 6.08 Å². The van der Waals surface area contributed by atoms with E-state index in [1.54, 1.807) is 24.3 Å². The van der Waals surface area contributed by atoms with E-state index in [9.17, 15) is 19.3 Å². The molecule has 0 fully saturated rings. The van der Waals surface area contributed by atoms with Crippen molar-refractivity contribution in [3.8, 4) is 5.75 Å². The molecule has 0 amide bonds. The summed E-state index contributed by atoms with van der Waals surface area (Å²) in [5.41, 5.74) is 1.96. The second-order valence-electron chi connectivity index (χ2n) is 7.06. The SMILES string of the molecule is Cc1cccc(C2=N/C(=C/c3cc([N+](=O)[O-])ccc3OCc3ccccc3F)C(=O)O2)c1. The Kier molecular flexibility index (Phi) is 5.76. The van der Waals surface area contributed by atoms with E-state index in [2.05, 4.69) is 4.99 Å². The zero-order valence-electron chi connectivity index (χ0n) is 16.9. The highest BCUT2D eigenvalue weighted by molar-refractivity contribution is 6.13. The van der Waals surface area contributed by atoms with Crippen LogP contribution in [0, 0.1) is 22.9 Å². The number of nitro benzene ring substituents is 1. The minimum Gasteiger partial charge on any atom is -0.488 e. The van der Waals surface area contributed by atoms with Crippen molar-refractivity contribution < 1.29 is 23.6 Å². The van der Waals surface area contributed by atoms with Gasteiger partial charge in [-0.2, -0.15) is 0 Å². The Labute approximate surface area is 182 Å².